The van der Waals surface area contributed by atoms with Gasteiger partial charge in [-0.2, -0.15) is 0 Å². The Morgan fingerprint density at radius 2 is 1.77 bits per heavy atom. The van der Waals surface area contributed by atoms with Crippen molar-refractivity contribution in [2.24, 2.45) is 5.92 Å². The summed E-state index contributed by atoms with van der Waals surface area (Å²) >= 11 is 0. The van der Waals surface area contributed by atoms with E-state index in [0.29, 0.717) is 5.69 Å². The van der Waals surface area contributed by atoms with E-state index >= 15 is 0 Å². The predicted molar refractivity (Wildman–Crippen MR) is 124 cm³/mol. The minimum atomic E-state index is -0.0958. The number of benzene rings is 2. The molecular weight excluding hydrogens is 386 g/mol. The number of nitrogens with zero attached hydrogens (tertiary/aromatic N) is 1. The molecule has 5 rings (SSSR count). The molecule has 5 heteroatoms. The van der Waals surface area contributed by atoms with E-state index in [0.717, 1.165) is 70.4 Å². The van der Waals surface area contributed by atoms with E-state index < -0.39 is 0 Å². The van der Waals surface area contributed by atoms with Crippen LogP contribution in [0.2, 0.25) is 0 Å². The molecule has 31 heavy (non-hydrogen) atoms. The lowest BCUT2D eigenvalue weighted by Gasteiger charge is -2.26. The summed E-state index contributed by atoms with van der Waals surface area (Å²) in [5.74, 6) is 1.44. The van der Waals surface area contributed by atoms with Crippen molar-refractivity contribution in [3.8, 4) is 17.0 Å². The van der Waals surface area contributed by atoms with Gasteiger partial charge < -0.3 is 15.0 Å². The van der Waals surface area contributed by atoms with Gasteiger partial charge in [0.05, 0.1) is 18.3 Å². The molecule has 4 aromatic rings. The van der Waals surface area contributed by atoms with Crippen LogP contribution in [0.4, 0.5) is 0 Å². The number of amides is 1. The standard InChI is InChI=1S/C26H27N3O2/c1-16-7-11-18(12-8-16)27-26(30)23-15-21-20-5-3-4-6-22(20)28-25(21)24(29-23)17-9-13-19(31-2)14-10-17/h3-6,9-10,13-16,18,28H,7-8,11-12H2,1-2H3,(H,27,30). The van der Waals surface area contributed by atoms with E-state index in [2.05, 4.69) is 29.4 Å². The second-order valence-corrected chi connectivity index (χ2v) is 8.61. The Balaban J connectivity index is 1.59. The number of methoxy groups -OCH3 is 1. The molecule has 2 heterocycles. The van der Waals surface area contributed by atoms with Crippen molar-refractivity contribution < 1.29 is 9.53 Å². The topological polar surface area (TPSA) is 67.0 Å². The van der Waals surface area contributed by atoms with Gasteiger partial charge in [-0.3, -0.25) is 4.79 Å². The first-order valence-electron chi connectivity index (χ1n) is 11.0. The Bertz CT molecular complexity index is 1230. The summed E-state index contributed by atoms with van der Waals surface area (Å²) in [6, 6.07) is 18.1. The van der Waals surface area contributed by atoms with E-state index in [9.17, 15) is 4.79 Å². The molecule has 0 radical (unpaired) electrons. The minimum Gasteiger partial charge on any atom is -0.497 e. The van der Waals surface area contributed by atoms with Crippen molar-refractivity contribution in [3.05, 3.63) is 60.3 Å². The molecule has 0 aliphatic heterocycles. The number of hydrogen-bond donors (Lipinski definition) is 2. The van der Waals surface area contributed by atoms with Gasteiger partial charge in [0.2, 0.25) is 0 Å². The second kappa shape index (κ2) is 8.06. The number of rotatable bonds is 4. The van der Waals surface area contributed by atoms with Gasteiger partial charge in [-0.25, -0.2) is 4.98 Å². The molecule has 1 amide bonds. The van der Waals surface area contributed by atoms with E-state index in [1.807, 2.05) is 42.5 Å². The zero-order valence-electron chi connectivity index (χ0n) is 17.9. The lowest BCUT2D eigenvalue weighted by atomic mass is 9.87. The van der Waals surface area contributed by atoms with Crippen LogP contribution in [0.5, 0.6) is 5.75 Å². The summed E-state index contributed by atoms with van der Waals surface area (Å²) in [4.78, 5) is 21.5. The van der Waals surface area contributed by atoms with Gasteiger partial charge in [0.15, 0.2) is 0 Å². The number of para-hydroxylation sites is 1. The van der Waals surface area contributed by atoms with E-state index in [1.165, 1.54) is 0 Å². The van der Waals surface area contributed by atoms with Crippen LogP contribution in [-0.2, 0) is 0 Å². The maximum Gasteiger partial charge on any atom is 0.270 e. The normalized spacial score (nSPS) is 18.9. The zero-order valence-corrected chi connectivity index (χ0v) is 17.9. The first-order chi connectivity index (χ1) is 15.1. The van der Waals surface area contributed by atoms with Crippen LogP contribution in [0, 0.1) is 5.92 Å². The summed E-state index contributed by atoms with van der Waals surface area (Å²) in [7, 11) is 1.65. The third-order valence-electron chi connectivity index (χ3n) is 6.44. The third-order valence-corrected chi connectivity index (χ3v) is 6.44. The molecule has 1 saturated carbocycles. The minimum absolute atomic E-state index is 0.0958. The molecule has 0 saturated heterocycles. The Morgan fingerprint density at radius 3 is 2.52 bits per heavy atom. The second-order valence-electron chi connectivity index (χ2n) is 8.61. The lowest BCUT2D eigenvalue weighted by Crippen LogP contribution is -2.37. The number of carbonyl (C=O) groups is 1. The molecule has 2 aromatic carbocycles. The van der Waals surface area contributed by atoms with E-state index in [4.69, 9.17) is 9.72 Å². The summed E-state index contributed by atoms with van der Waals surface area (Å²) in [5, 5.41) is 5.33. The van der Waals surface area contributed by atoms with Crippen molar-refractivity contribution >= 4 is 27.7 Å². The number of H-pyrrole nitrogens is 1. The Labute approximate surface area is 181 Å². The summed E-state index contributed by atoms with van der Waals surface area (Å²) < 4.78 is 5.30. The molecule has 0 atom stereocenters. The highest BCUT2D eigenvalue weighted by Gasteiger charge is 2.22. The molecule has 2 N–H and O–H groups in total. The van der Waals surface area contributed by atoms with Crippen LogP contribution in [-0.4, -0.2) is 29.0 Å². The SMILES string of the molecule is COc1ccc(-c2nc(C(=O)NC3CCC(C)CC3)cc3c2[nH]c2ccccc23)cc1. The molecule has 1 fully saturated rings. The Hall–Kier alpha value is -3.34. The van der Waals surface area contributed by atoms with Crippen molar-refractivity contribution in [2.75, 3.05) is 7.11 Å². The lowest BCUT2D eigenvalue weighted by molar-refractivity contribution is 0.0918. The van der Waals surface area contributed by atoms with Crippen LogP contribution < -0.4 is 10.1 Å². The van der Waals surface area contributed by atoms with Crippen LogP contribution in [0.3, 0.4) is 0 Å². The number of hydrogen-bond acceptors (Lipinski definition) is 3. The van der Waals surface area contributed by atoms with Gasteiger partial charge >= 0.3 is 0 Å². The van der Waals surface area contributed by atoms with Gasteiger partial charge in [0, 0.05) is 27.9 Å². The quantitative estimate of drug-likeness (QED) is 0.451. The zero-order chi connectivity index (χ0) is 21.4. The summed E-state index contributed by atoms with van der Waals surface area (Å²) in [6.07, 6.45) is 4.40. The smallest absolute Gasteiger partial charge is 0.270 e. The van der Waals surface area contributed by atoms with Crippen molar-refractivity contribution in [3.63, 3.8) is 0 Å². The summed E-state index contributed by atoms with van der Waals surface area (Å²) in [5.41, 5.74) is 4.15. The number of carbonyl (C=O) groups excluding carboxylic acids is 1. The number of aromatic amines is 1. The van der Waals surface area contributed by atoms with Gasteiger partial charge in [-0.1, -0.05) is 25.1 Å². The maximum absolute atomic E-state index is 13.2. The Kier molecular flexibility index (Phi) is 5.10. The van der Waals surface area contributed by atoms with Crippen LogP contribution in [0.15, 0.2) is 54.6 Å². The molecule has 158 valence electrons. The molecule has 5 nitrogen and oxygen atoms in total. The number of aromatic nitrogens is 2. The van der Waals surface area contributed by atoms with Gasteiger partial charge in [0.25, 0.3) is 5.91 Å². The summed E-state index contributed by atoms with van der Waals surface area (Å²) in [6.45, 7) is 2.28. The highest BCUT2D eigenvalue weighted by atomic mass is 16.5. The molecule has 0 unspecified atom stereocenters. The van der Waals surface area contributed by atoms with Crippen LogP contribution >= 0.6 is 0 Å². The van der Waals surface area contributed by atoms with Crippen molar-refractivity contribution in [1.82, 2.24) is 15.3 Å². The van der Waals surface area contributed by atoms with Crippen LogP contribution in [0.1, 0.15) is 43.1 Å². The first-order valence-corrected chi connectivity index (χ1v) is 11.0. The van der Waals surface area contributed by atoms with Crippen molar-refractivity contribution in [2.45, 2.75) is 38.6 Å². The molecule has 1 aliphatic rings. The van der Waals surface area contributed by atoms with Gasteiger partial charge in [-0.15, -0.1) is 0 Å². The van der Waals surface area contributed by atoms with Crippen LogP contribution in [0.25, 0.3) is 33.1 Å². The highest BCUT2D eigenvalue weighted by molar-refractivity contribution is 6.13. The number of nitrogens with one attached hydrogen (secondary N) is 2. The predicted octanol–water partition coefficient (Wildman–Crippen LogP) is 5.70. The average Bonchev–Trinajstić information content (AvgIpc) is 3.19. The van der Waals surface area contributed by atoms with Crippen molar-refractivity contribution in [1.29, 1.82) is 0 Å². The van der Waals surface area contributed by atoms with Gasteiger partial charge in [-0.05, 0) is 68.0 Å². The highest BCUT2D eigenvalue weighted by Crippen LogP contribution is 2.33. The average molecular weight is 414 g/mol. The number of fused-ring (bicyclic) bond motifs is 3. The third kappa shape index (κ3) is 3.76. The van der Waals surface area contributed by atoms with E-state index in [1.54, 1.807) is 7.11 Å². The fourth-order valence-corrected chi connectivity index (χ4v) is 4.58. The maximum atomic E-state index is 13.2. The molecule has 0 spiro atoms. The Morgan fingerprint density at radius 1 is 1.03 bits per heavy atom. The van der Waals surface area contributed by atoms with Gasteiger partial charge in [0.1, 0.15) is 11.4 Å². The fourth-order valence-electron chi connectivity index (χ4n) is 4.58. The molecule has 1 aliphatic carbocycles. The fraction of sp³-hybridized carbons (Fsp3) is 0.308. The monoisotopic (exact) mass is 413 g/mol. The van der Waals surface area contributed by atoms with E-state index in [-0.39, 0.29) is 11.9 Å². The largest absolute Gasteiger partial charge is 0.497 e. The number of pyridine rings is 1. The molecular formula is C26H27N3O2. The molecule has 2 aromatic heterocycles. The molecule has 0 bridgehead atoms. The number of ether oxygens (including phenoxy) is 1. The first kappa shape index (κ1) is 19.6.